The highest BCUT2D eigenvalue weighted by Crippen LogP contribution is 2.31. The number of carbonyl (C=O) groups excluding carboxylic acids is 1. The Balaban J connectivity index is 1.51. The summed E-state index contributed by atoms with van der Waals surface area (Å²) in [5.41, 5.74) is 3.87. The third-order valence-corrected chi connectivity index (χ3v) is 7.49. The Morgan fingerprint density at radius 2 is 1.89 bits per heavy atom. The number of sulfone groups is 1. The van der Waals surface area contributed by atoms with Crippen molar-refractivity contribution in [3.05, 3.63) is 95.9 Å². The zero-order chi connectivity index (χ0) is 26.2. The number of halogens is 1. The first-order valence-corrected chi connectivity index (χ1v) is 13.1. The Morgan fingerprint density at radius 3 is 2.62 bits per heavy atom. The highest BCUT2D eigenvalue weighted by atomic mass is 32.2. The van der Waals surface area contributed by atoms with Gasteiger partial charge in [0.1, 0.15) is 17.3 Å². The second-order valence-corrected chi connectivity index (χ2v) is 10.8. The van der Waals surface area contributed by atoms with Crippen LogP contribution < -0.4 is 5.32 Å². The molecule has 0 spiro atoms. The summed E-state index contributed by atoms with van der Waals surface area (Å²) >= 11 is 0. The van der Waals surface area contributed by atoms with Gasteiger partial charge in [0.05, 0.1) is 15.8 Å². The minimum Gasteiger partial charge on any atom is -0.360 e. The van der Waals surface area contributed by atoms with Crippen molar-refractivity contribution in [1.29, 1.82) is 0 Å². The number of nitrogens with zero attached hydrogens (tertiary/aromatic N) is 3. The predicted molar refractivity (Wildman–Crippen MR) is 137 cm³/mol. The van der Waals surface area contributed by atoms with Crippen LogP contribution in [0.4, 0.5) is 10.2 Å². The quantitative estimate of drug-likeness (QED) is 0.328. The molecule has 8 nitrogen and oxygen atoms in total. The molecule has 2 aromatic carbocycles. The van der Waals surface area contributed by atoms with E-state index in [1.54, 1.807) is 36.9 Å². The van der Waals surface area contributed by atoms with E-state index in [1.807, 2.05) is 36.4 Å². The average molecular weight is 519 g/mol. The average Bonchev–Trinajstić information content (AvgIpc) is 3.43. The molecule has 188 valence electrons. The van der Waals surface area contributed by atoms with Gasteiger partial charge in [0.25, 0.3) is 0 Å². The molecule has 5 rings (SSSR count). The summed E-state index contributed by atoms with van der Waals surface area (Å²) in [6.45, 7) is 3.68. The number of aryl methyl sites for hydroxylation is 2. The number of hydrogen-bond donors (Lipinski definition) is 1. The van der Waals surface area contributed by atoms with Gasteiger partial charge < -0.3 is 14.4 Å². The molecule has 0 bridgehead atoms. The molecule has 0 aliphatic carbocycles. The van der Waals surface area contributed by atoms with Crippen molar-refractivity contribution in [2.75, 3.05) is 11.1 Å². The number of fused-ring (bicyclic) bond motifs is 1. The van der Waals surface area contributed by atoms with Gasteiger partial charge in [-0.3, -0.25) is 9.78 Å². The van der Waals surface area contributed by atoms with E-state index in [0.29, 0.717) is 23.4 Å². The van der Waals surface area contributed by atoms with Crippen LogP contribution in [0.2, 0.25) is 0 Å². The van der Waals surface area contributed by atoms with Crippen LogP contribution in [0.5, 0.6) is 0 Å². The molecule has 0 saturated carbocycles. The van der Waals surface area contributed by atoms with Crippen molar-refractivity contribution in [3.8, 4) is 11.1 Å². The Morgan fingerprint density at radius 1 is 1.08 bits per heavy atom. The molecule has 3 aromatic heterocycles. The Bertz CT molecular complexity index is 1730. The first-order chi connectivity index (χ1) is 17.7. The van der Waals surface area contributed by atoms with Gasteiger partial charge >= 0.3 is 0 Å². The largest absolute Gasteiger partial charge is 0.360 e. The van der Waals surface area contributed by atoms with Crippen LogP contribution in [0.15, 0.2) is 82.6 Å². The third-order valence-electron chi connectivity index (χ3n) is 5.87. The maximum atomic E-state index is 15.2. The van der Waals surface area contributed by atoms with Crippen LogP contribution in [0.25, 0.3) is 22.0 Å². The Kier molecular flexibility index (Phi) is 6.34. The predicted octanol–water partition coefficient (Wildman–Crippen LogP) is 4.91. The lowest BCUT2D eigenvalue weighted by Gasteiger charge is -2.09. The van der Waals surface area contributed by atoms with Gasteiger partial charge in [-0.05, 0) is 60.4 Å². The normalized spacial score (nSPS) is 11.6. The molecule has 3 heterocycles. The number of nitrogens with one attached hydrogen (secondary N) is 1. The second kappa shape index (κ2) is 9.62. The van der Waals surface area contributed by atoms with E-state index < -0.39 is 27.3 Å². The third kappa shape index (κ3) is 5.14. The summed E-state index contributed by atoms with van der Waals surface area (Å²) in [5, 5.41) is 6.00. The number of rotatable bonds is 7. The van der Waals surface area contributed by atoms with E-state index in [4.69, 9.17) is 4.52 Å². The standard InChI is InChI=1S/C27H23FN4O4S/c1-17-9-22(28)27-23(10-17)32(14-19-5-3-6-20(12-19)21-7-4-8-29-13-21)15-24(27)37(34,35)16-26(33)30-25-11-18(2)36-31-25/h3-13,15H,14,16H2,1-2H3,(H,30,31,33). The van der Waals surface area contributed by atoms with Gasteiger partial charge in [-0.1, -0.05) is 29.4 Å². The van der Waals surface area contributed by atoms with Gasteiger partial charge in [-0.25, -0.2) is 12.8 Å². The van der Waals surface area contributed by atoms with Gasteiger partial charge in [0, 0.05) is 31.2 Å². The summed E-state index contributed by atoms with van der Waals surface area (Å²) in [7, 11) is -4.20. The monoisotopic (exact) mass is 518 g/mol. The highest BCUT2D eigenvalue weighted by molar-refractivity contribution is 7.92. The molecule has 0 saturated heterocycles. The summed E-state index contributed by atoms with van der Waals surface area (Å²) < 4.78 is 48.3. The lowest BCUT2D eigenvalue weighted by atomic mass is 10.0. The van der Waals surface area contributed by atoms with Gasteiger partial charge in [-0.15, -0.1) is 0 Å². The van der Waals surface area contributed by atoms with Crippen molar-refractivity contribution in [3.63, 3.8) is 0 Å². The zero-order valence-corrected chi connectivity index (χ0v) is 20.9. The molecule has 0 unspecified atom stereocenters. The van der Waals surface area contributed by atoms with Crippen molar-refractivity contribution in [2.24, 2.45) is 0 Å². The summed E-state index contributed by atoms with van der Waals surface area (Å²) in [4.78, 5) is 16.4. The minimum atomic E-state index is -4.20. The molecule has 0 aliphatic heterocycles. The molecule has 1 N–H and O–H groups in total. The molecule has 5 aromatic rings. The molecule has 0 fully saturated rings. The second-order valence-electron chi connectivity index (χ2n) is 8.83. The topological polar surface area (TPSA) is 107 Å². The zero-order valence-electron chi connectivity index (χ0n) is 20.1. The lowest BCUT2D eigenvalue weighted by Crippen LogP contribution is -2.23. The molecule has 37 heavy (non-hydrogen) atoms. The van der Waals surface area contributed by atoms with Crippen molar-refractivity contribution in [2.45, 2.75) is 25.3 Å². The fraction of sp³-hybridized carbons (Fsp3) is 0.148. The van der Waals surface area contributed by atoms with Gasteiger partial charge in [0.15, 0.2) is 15.7 Å². The van der Waals surface area contributed by atoms with Crippen LogP contribution in [0, 0.1) is 19.7 Å². The number of anilines is 1. The van der Waals surface area contributed by atoms with Gasteiger partial charge in [-0.2, -0.15) is 0 Å². The number of carbonyl (C=O) groups is 1. The highest BCUT2D eigenvalue weighted by Gasteiger charge is 2.27. The number of amides is 1. The van der Waals surface area contributed by atoms with Crippen molar-refractivity contribution < 1.29 is 22.1 Å². The molecular weight excluding hydrogens is 495 g/mol. The first-order valence-electron chi connectivity index (χ1n) is 11.4. The maximum Gasteiger partial charge on any atom is 0.241 e. The summed E-state index contributed by atoms with van der Waals surface area (Å²) in [6.07, 6.45) is 4.86. The number of benzene rings is 2. The number of aromatic nitrogens is 3. The number of hydrogen-bond acceptors (Lipinski definition) is 6. The van der Waals surface area contributed by atoms with E-state index in [2.05, 4.69) is 15.5 Å². The molecule has 0 aliphatic rings. The minimum absolute atomic E-state index is 0.0425. The van der Waals surface area contributed by atoms with Crippen LogP contribution >= 0.6 is 0 Å². The summed E-state index contributed by atoms with van der Waals surface area (Å²) in [5.74, 6) is -1.77. The molecule has 0 radical (unpaired) electrons. The fourth-order valence-corrected chi connectivity index (χ4v) is 5.64. The molecule has 1 amide bonds. The lowest BCUT2D eigenvalue weighted by molar-refractivity contribution is -0.113. The van der Waals surface area contributed by atoms with E-state index in [-0.39, 0.29) is 16.1 Å². The first kappa shape index (κ1) is 24.4. The SMILES string of the molecule is Cc1cc(F)c2c(S(=O)(=O)CC(=O)Nc3cc(C)on3)cn(Cc3cccc(-c4cccnc4)c3)c2c1. The summed E-state index contributed by atoms with van der Waals surface area (Å²) in [6, 6.07) is 16.1. The molecule has 0 atom stereocenters. The Hall–Kier alpha value is -4.31. The number of pyridine rings is 1. The maximum absolute atomic E-state index is 15.2. The van der Waals surface area contributed by atoms with Crippen molar-refractivity contribution in [1.82, 2.24) is 14.7 Å². The van der Waals surface area contributed by atoms with Crippen LogP contribution in [-0.4, -0.2) is 34.8 Å². The van der Waals surface area contributed by atoms with Crippen LogP contribution in [0.1, 0.15) is 16.9 Å². The fourth-order valence-electron chi connectivity index (χ4n) is 4.27. The van der Waals surface area contributed by atoms with Crippen molar-refractivity contribution >= 4 is 32.5 Å². The Labute approximate surface area is 212 Å². The van der Waals surface area contributed by atoms with Gasteiger partial charge in [0.2, 0.25) is 5.91 Å². The van der Waals surface area contributed by atoms with E-state index in [9.17, 15) is 13.2 Å². The van der Waals surface area contributed by atoms with Crippen LogP contribution in [-0.2, 0) is 21.2 Å². The molecular formula is C27H23FN4O4S. The van der Waals surface area contributed by atoms with Crippen LogP contribution in [0.3, 0.4) is 0 Å². The molecule has 10 heteroatoms. The smallest absolute Gasteiger partial charge is 0.241 e. The van der Waals surface area contributed by atoms with E-state index in [1.165, 1.54) is 18.3 Å². The van der Waals surface area contributed by atoms with E-state index >= 15 is 4.39 Å². The van der Waals surface area contributed by atoms with E-state index in [0.717, 1.165) is 16.7 Å².